The number of nitrogens with one attached hydrogen (secondary N) is 1. The van der Waals surface area contributed by atoms with Gasteiger partial charge in [0.15, 0.2) is 5.75 Å². The Kier molecular flexibility index (Phi) is 4.34. The molecule has 17 heavy (non-hydrogen) atoms. The minimum atomic E-state index is -0.740. The highest BCUT2D eigenvalue weighted by Crippen LogP contribution is 2.28. The molecule has 0 heterocycles. The SMILES string of the molecule is COC(=O)c1cccc(NC(=O)C(C)Cl)c1O. The molecule has 1 atom stereocenters. The van der Waals surface area contributed by atoms with E-state index in [1.807, 2.05) is 0 Å². The fourth-order valence-corrected chi connectivity index (χ4v) is 1.21. The number of hydrogen-bond donors (Lipinski definition) is 2. The molecule has 2 N–H and O–H groups in total. The molecule has 0 aromatic heterocycles. The van der Waals surface area contributed by atoms with Gasteiger partial charge >= 0.3 is 5.97 Å². The number of carbonyl (C=O) groups is 2. The van der Waals surface area contributed by atoms with Gasteiger partial charge in [-0.3, -0.25) is 4.79 Å². The number of anilines is 1. The van der Waals surface area contributed by atoms with Crippen molar-refractivity contribution in [1.82, 2.24) is 0 Å². The van der Waals surface area contributed by atoms with Crippen molar-refractivity contribution in [3.8, 4) is 5.75 Å². The molecule has 1 unspecified atom stereocenters. The third-order valence-electron chi connectivity index (χ3n) is 2.06. The molecule has 5 nitrogen and oxygen atoms in total. The average molecular weight is 258 g/mol. The van der Waals surface area contributed by atoms with Crippen molar-refractivity contribution >= 4 is 29.2 Å². The van der Waals surface area contributed by atoms with Crippen LogP contribution in [0.25, 0.3) is 0 Å². The van der Waals surface area contributed by atoms with E-state index in [1.54, 1.807) is 0 Å². The first kappa shape index (κ1) is 13.3. The smallest absolute Gasteiger partial charge is 0.341 e. The predicted octanol–water partition coefficient (Wildman–Crippen LogP) is 1.74. The molecule has 1 aromatic rings. The van der Waals surface area contributed by atoms with Gasteiger partial charge in [0.1, 0.15) is 10.9 Å². The summed E-state index contributed by atoms with van der Waals surface area (Å²) >= 11 is 5.57. The number of ether oxygens (including phenoxy) is 1. The van der Waals surface area contributed by atoms with Crippen LogP contribution in [0.3, 0.4) is 0 Å². The Balaban J connectivity index is 3.02. The molecular weight excluding hydrogens is 246 g/mol. The number of hydrogen-bond acceptors (Lipinski definition) is 4. The zero-order valence-electron chi connectivity index (χ0n) is 9.36. The number of halogens is 1. The summed E-state index contributed by atoms with van der Waals surface area (Å²) in [4.78, 5) is 22.6. The maximum atomic E-state index is 11.3. The molecule has 1 amide bonds. The molecule has 0 fully saturated rings. The van der Waals surface area contributed by atoms with Crippen molar-refractivity contribution in [3.63, 3.8) is 0 Å². The summed E-state index contributed by atoms with van der Waals surface area (Å²) in [5.41, 5.74) is 0.0953. The fourth-order valence-electron chi connectivity index (χ4n) is 1.15. The topological polar surface area (TPSA) is 75.6 Å². The van der Waals surface area contributed by atoms with Crippen molar-refractivity contribution in [1.29, 1.82) is 0 Å². The van der Waals surface area contributed by atoms with Crippen LogP contribution in [0.4, 0.5) is 5.69 Å². The lowest BCUT2D eigenvalue weighted by molar-refractivity contribution is -0.115. The Bertz CT molecular complexity index is 445. The second-order valence-electron chi connectivity index (χ2n) is 3.30. The lowest BCUT2D eigenvalue weighted by atomic mass is 10.1. The Morgan fingerprint density at radius 1 is 1.47 bits per heavy atom. The van der Waals surface area contributed by atoms with Gasteiger partial charge < -0.3 is 15.2 Å². The van der Waals surface area contributed by atoms with Gasteiger partial charge in [0.2, 0.25) is 5.91 Å². The van der Waals surface area contributed by atoms with Crippen molar-refractivity contribution in [2.24, 2.45) is 0 Å². The monoisotopic (exact) mass is 257 g/mol. The fraction of sp³-hybridized carbons (Fsp3) is 0.273. The maximum Gasteiger partial charge on any atom is 0.341 e. The number of benzene rings is 1. The minimum Gasteiger partial charge on any atom is -0.505 e. The number of para-hydroxylation sites is 1. The zero-order chi connectivity index (χ0) is 13.0. The van der Waals surface area contributed by atoms with Crippen molar-refractivity contribution in [2.75, 3.05) is 12.4 Å². The summed E-state index contributed by atoms with van der Waals surface area (Å²) < 4.78 is 4.49. The number of carbonyl (C=O) groups excluding carboxylic acids is 2. The van der Waals surface area contributed by atoms with E-state index in [1.165, 1.54) is 32.2 Å². The number of phenols is 1. The van der Waals surface area contributed by atoms with Gasteiger partial charge in [0, 0.05) is 0 Å². The summed E-state index contributed by atoms with van der Waals surface area (Å²) in [7, 11) is 1.20. The number of amides is 1. The molecule has 1 aromatic carbocycles. The van der Waals surface area contributed by atoms with Gasteiger partial charge in [-0.05, 0) is 19.1 Å². The van der Waals surface area contributed by atoms with Crippen LogP contribution in [0, 0.1) is 0 Å². The average Bonchev–Trinajstić information content (AvgIpc) is 2.30. The largest absolute Gasteiger partial charge is 0.505 e. The Morgan fingerprint density at radius 2 is 2.12 bits per heavy atom. The molecule has 0 spiro atoms. The lowest BCUT2D eigenvalue weighted by Crippen LogP contribution is -2.20. The summed E-state index contributed by atoms with van der Waals surface area (Å²) in [6, 6.07) is 4.36. The van der Waals surface area contributed by atoms with E-state index >= 15 is 0 Å². The van der Waals surface area contributed by atoms with Crippen LogP contribution in [0.2, 0.25) is 0 Å². The number of aromatic hydroxyl groups is 1. The van der Waals surface area contributed by atoms with Gasteiger partial charge in [-0.1, -0.05) is 6.07 Å². The van der Waals surface area contributed by atoms with E-state index in [4.69, 9.17) is 11.6 Å². The second-order valence-corrected chi connectivity index (χ2v) is 3.95. The van der Waals surface area contributed by atoms with Crippen LogP contribution < -0.4 is 5.32 Å². The summed E-state index contributed by atoms with van der Waals surface area (Å²) in [6.45, 7) is 1.50. The lowest BCUT2D eigenvalue weighted by Gasteiger charge is -2.10. The molecule has 1 rings (SSSR count). The van der Waals surface area contributed by atoms with Crippen molar-refractivity contribution < 1.29 is 19.4 Å². The van der Waals surface area contributed by atoms with Crippen LogP contribution in [0.15, 0.2) is 18.2 Å². The highest BCUT2D eigenvalue weighted by Gasteiger charge is 2.17. The van der Waals surface area contributed by atoms with E-state index in [0.717, 1.165) is 0 Å². The van der Waals surface area contributed by atoms with Crippen LogP contribution in [0.1, 0.15) is 17.3 Å². The van der Waals surface area contributed by atoms with Gasteiger partial charge in [0.25, 0.3) is 0 Å². The van der Waals surface area contributed by atoms with Crippen molar-refractivity contribution in [3.05, 3.63) is 23.8 Å². The number of phenolic OH excluding ortho intramolecular Hbond substituents is 1. The number of methoxy groups -OCH3 is 1. The molecule has 0 saturated carbocycles. The molecule has 0 saturated heterocycles. The van der Waals surface area contributed by atoms with E-state index in [-0.39, 0.29) is 17.0 Å². The van der Waals surface area contributed by atoms with Gasteiger partial charge in [0.05, 0.1) is 12.8 Å². The summed E-state index contributed by atoms with van der Waals surface area (Å²) in [5, 5.41) is 11.4. The minimum absolute atomic E-state index is 0.0208. The third kappa shape index (κ3) is 3.10. The zero-order valence-corrected chi connectivity index (χ0v) is 10.1. The highest BCUT2D eigenvalue weighted by atomic mass is 35.5. The molecule has 0 aliphatic heterocycles. The third-order valence-corrected chi connectivity index (χ3v) is 2.26. The number of esters is 1. The first-order valence-electron chi connectivity index (χ1n) is 4.82. The second kappa shape index (κ2) is 5.54. The van der Waals surface area contributed by atoms with Gasteiger partial charge in [-0.15, -0.1) is 11.6 Å². The van der Waals surface area contributed by atoms with Crippen LogP contribution >= 0.6 is 11.6 Å². The molecule has 6 heteroatoms. The number of rotatable bonds is 3. The van der Waals surface area contributed by atoms with Crippen LogP contribution in [-0.4, -0.2) is 29.5 Å². The molecule has 0 aliphatic rings. The molecular formula is C11H12ClNO4. The van der Waals surface area contributed by atoms with E-state index in [0.29, 0.717) is 0 Å². The predicted molar refractivity (Wildman–Crippen MR) is 63.4 cm³/mol. The first-order chi connectivity index (χ1) is 7.97. The van der Waals surface area contributed by atoms with Crippen LogP contribution in [-0.2, 0) is 9.53 Å². The summed E-state index contributed by atoms with van der Waals surface area (Å²) in [6.07, 6.45) is 0. The normalized spacial score (nSPS) is 11.7. The van der Waals surface area contributed by atoms with Gasteiger partial charge in [-0.2, -0.15) is 0 Å². The quantitative estimate of drug-likeness (QED) is 0.491. The Labute approximate surface area is 103 Å². The van der Waals surface area contributed by atoms with E-state index in [9.17, 15) is 14.7 Å². The molecule has 0 bridgehead atoms. The maximum absolute atomic E-state index is 11.3. The Hall–Kier alpha value is -1.75. The molecule has 0 radical (unpaired) electrons. The van der Waals surface area contributed by atoms with Crippen LogP contribution in [0.5, 0.6) is 5.75 Å². The number of alkyl halides is 1. The first-order valence-corrected chi connectivity index (χ1v) is 5.26. The summed E-state index contributed by atoms with van der Waals surface area (Å²) in [5.74, 6) is -1.49. The standard InChI is InChI=1S/C11H12ClNO4/c1-6(12)10(15)13-8-5-3-4-7(9(8)14)11(16)17-2/h3-6,14H,1-2H3,(H,13,15). The molecule has 92 valence electrons. The van der Waals surface area contributed by atoms with Crippen molar-refractivity contribution in [2.45, 2.75) is 12.3 Å². The Morgan fingerprint density at radius 3 is 2.65 bits per heavy atom. The molecule has 0 aliphatic carbocycles. The van der Waals surface area contributed by atoms with E-state index in [2.05, 4.69) is 10.1 Å². The van der Waals surface area contributed by atoms with Gasteiger partial charge in [-0.25, -0.2) is 4.79 Å². The van der Waals surface area contributed by atoms with E-state index < -0.39 is 17.3 Å². The highest BCUT2D eigenvalue weighted by molar-refractivity contribution is 6.32.